The Balaban J connectivity index is 3.98. The molecule has 0 unspecified atom stereocenters. The molecule has 0 saturated heterocycles. The lowest BCUT2D eigenvalue weighted by molar-refractivity contribution is -0.148. The quantitative estimate of drug-likeness (QED) is 0.0354. The fourth-order valence-corrected chi connectivity index (χ4v) is 8.65. The smallest absolute Gasteiger partial charge is 0.315 e. The number of urea groups is 2. The lowest BCUT2D eigenvalue weighted by Crippen LogP contribution is -2.42. The molecule has 0 saturated carbocycles. The molecule has 0 atom stereocenters. The maximum Gasteiger partial charge on any atom is 0.315 e. The highest BCUT2D eigenvalue weighted by atomic mass is 16.5. The van der Waals surface area contributed by atoms with Crippen LogP contribution in [0.15, 0.2) is 0 Å². The van der Waals surface area contributed by atoms with Gasteiger partial charge in [0.2, 0.25) is 0 Å². The lowest BCUT2D eigenvalue weighted by atomic mass is 10.00. The monoisotopic (exact) mass is 935 g/mol. The van der Waals surface area contributed by atoms with E-state index in [0.29, 0.717) is 25.9 Å². The van der Waals surface area contributed by atoms with Crippen molar-refractivity contribution in [3.63, 3.8) is 0 Å². The second-order valence-corrected chi connectivity index (χ2v) is 19.9. The van der Waals surface area contributed by atoms with Crippen molar-refractivity contribution in [1.82, 2.24) is 21.3 Å². The largest absolute Gasteiger partial charge is 0.465 e. The van der Waals surface area contributed by atoms with Gasteiger partial charge in [-0.3, -0.25) is 9.59 Å². The van der Waals surface area contributed by atoms with E-state index in [-0.39, 0.29) is 55.2 Å². The molecule has 4 N–H and O–H groups in total. The Labute approximate surface area is 408 Å². The SMILES string of the molecule is CCCCCCCCC(CCCCCCCC)NC(=O)NCCCCCCCC(=O)OCC(C)COC(=O)CCCCCCCNC(=O)NC(CCCCCCCC)CCCCCCCC. The molecule has 0 aromatic rings. The van der Waals surface area contributed by atoms with Crippen molar-refractivity contribution in [2.24, 2.45) is 5.92 Å². The number of rotatable bonds is 50. The summed E-state index contributed by atoms with van der Waals surface area (Å²) in [5.74, 6) is -0.444. The van der Waals surface area contributed by atoms with Gasteiger partial charge >= 0.3 is 24.0 Å². The van der Waals surface area contributed by atoms with E-state index in [1.54, 1.807) is 0 Å². The maximum absolute atomic E-state index is 12.7. The van der Waals surface area contributed by atoms with Gasteiger partial charge in [-0.25, -0.2) is 9.59 Å². The van der Waals surface area contributed by atoms with Crippen LogP contribution in [0.2, 0.25) is 0 Å². The average Bonchev–Trinajstić information content (AvgIpc) is 3.30. The number of amides is 4. The highest BCUT2D eigenvalue weighted by Gasteiger charge is 2.14. The van der Waals surface area contributed by atoms with Crippen LogP contribution in [0.25, 0.3) is 0 Å². The van der Waals surface area contributed by atoms with Gasteiger partial charge in [0.15, 0.2) is 0 Å². The van der Waals surface area contributed by atoms with Crippen LogP contribution >= 0.6 is 0 Å². The summed E-state index contributed by atoms with van der Waals surface area (Å²) in [6, 6.07) is 0.480. The number of unbranched alkanes of at least 4 members (excludes halogenated alkanes) is 28. The van der Waals surface area contributed by atoms with Crippen molar-refractivity contribution in [3.8, 4) is 0 Å². The first-order chi connectivity index (χ1) is 32.2. The predicted molar refractivity (Wildman–Crippen MR) is 279 cm³/mol. The minimum Gasteiger partial charge on any atom is -0.465 e. The van der Waals surface area contributed by atoms with E-state index in [1.165, 1.54) is 154 Å². The average molecular weight is 936 g/mol. The van der Waals surface area contributed by atoms with Crippen LogP contribution in [0, 0.1) is 5.92 Å². The zero-order valence-electron chi connectivity index (χ0n) is 44.3. The van der Waals surface area contributed by atoms with Gasteiger partial charge in [0.1, 0.15) is 0 Å². The van der Waals surface area contributed by atoms with E-state index in [1.807, 2.05) is 6.92 Å². The third-order valence-electron chi connectivity index (χ3n) is 13.0. The van der Waals surface area contributed by atoms with Gasteiger partial charge in [0, 0.05) is 43.9 Å². The van der Waals surface area contributed by atoms with Crippen LogP contribution in [-0.2, 0) is 19.1 Å². The van der Waals surface area contributed by atoms with Gasteiger partial charge in [0.25, 0.3) is 0 Å². The molecule has 66 heavy (non-hydrogen) atoms. The fourth-order valence-electron chi connectivity index (χ4n) is 8.65. The number of esters is 2. The molecule has 10 heteroatoms. The minimum atomic E-state index is -0.199. The number of carbonyl (C=O) groups is 4. The first kappa shape index (κ1) is 63.5. The van der Waals surface area contributed by atoms with Crippen molar-refractivity contribution >= 4 is 24.0 Å². The summed E-state index contributed by atoms with van der Waals surface area (Å²) in [6.45, 7) is 12.8. The Morgan fingerprint density at radius 2 is 0.606 bits per heavy atom. The number of hydrogen-bond donors (Lipinski definition) is 4. The van der Waals surface area contributed by atoms with Gasteiger partial charge in [-0.15, -0.1) is 0 Å². The van der Waals surface area contributed by atoms with Crippen LogP contribution < -0.4 is 21.3 Å². The normalized spacial score (nSPS) is 11.4. The first-order valence-electron chi connectivity index (χ1n) is 28.6. The minimum absolute atomic E-state index is 0.0294. The van der Waals surface area contributed by atoms with E-state index < -0.39 is 0 Å². The number of hydrogen-bond acceptors (Lipinski definition) is 6. The molecular weight excluding hydrogens is 825 g/mol. The Kier molecular flexibility index (Phi) is 48.4. The number of carbonyl (C=O) groups excluding carboxylic acids is 4. The van der Waals surface area contributed by atoms with Gasteiger partial charge in [-0.1, -0.05) is 227 Å². The van der Waals surface area contributed by atoms with Gasteiger partial charge in [-0.2, -0.15) is 0 Å². The topological polar surface area (TPSA) is 135 Å². The summed E-state index contributed by atoms with van der Waals surface area (Å²) >= 11 is 0. The van der Waals surface area contributed by atoms with Crippen LogP contribution in [0.5, 0.6) is 0 Å². The molecule has 4 amide bonds. The molecule has 0 spiro atoms. The highest BCUT2D eigenvalue weighted by Crippen LogP contribution is 2.17. The van der Waals surface area contributed by atoms with Gasteiger partial charge in [0.05, 0.1) is 13.2 Å². The van der Waals surface area contributed by atoms with Crippen molar-refractivity contribution in [1.29, 1.82) is 0 Å². The standard InChI is InChI=1S/C56H110N4O6/c1-6-10-14-18-24-32-40-51(41-33-25-19-15-11-7-2)59-55(63)57-46-38-30-22-28-36-44-53(61)65-48-50(5)49-66-54(62)45-37-29-23-31-39-47-58-56(64)60-52(42-34-26-20-16-12-8-3)43-35-27-21-17-13-9-4/h50-52H,6-49H2,1-5H3,(H2,57,59,63)(H2,58,60,64). The fraction of sp³-hybridized carbons (Fsp3) is 0.929. The first-order valence-corrected chi connectivity index (χ1v) is 28.6. The summed E-state index contributed by atoms with van der Waals surface area (Å²) in [5, 5.41) is 12.7. The molecule has 0 fully saturated rings. The molecule has 0 rings (SSSR count). The second-order valence-electron chi connectivity index (χ2n) is 19.9. The van der Waals surface area contributed by atoms with Crippen LogP contribution in [0.3, 0.4) is 0 Å². The van der Waals surface area contributed by atoms with Crippen molar-refractivity contribution in [3.05, 3.63) is 0 Å². The van der Waals surface area contributed by atoms with Gasteiger partial charge in [-0.05, 0) is 51.4 Å². The van der Waals surface area contributed by atoms with Crippen LogP contribution in [-0.4, -0.2) is 62.4 Å². The number of ether oxygens (including phenoxy) is 2. The summed E-state index contributed by atoms with van der Waals surface area (Å²) < 4.78 is 10.9. The molecule has 10 nitrogen and oxygen atoms in total. The summed E-state index contributed by atoms with van der Waals surface area (Å²) in [6.07, 6.45) is 45.2. The molecule has 0 aromatic heterocycles. The van der Waals surface area contributed by atoms with E-state index in [2.05, 4.69) is 49.0 Å². The van der Waals surface area contributed by atoms with Crippen molar-refractivity contribution in [2.45, 2.75) is 304 Å². The van der Waals surface area contributed by atoms with Crippen LogP contribution in [0.4, 0.5) is 9.59 Å². The Morgan fingerprint density at radius 1 is 0.348 bits per heavy atom. The predicted octanol–water partition coefficient (Wildman–Crippen LogP) is 15.7. The molecule has 390 valence electrons. The van der Waals surface area contributed by atoms with Gasteiger partial charge < -0.3 is 30.7 Å². The Bertz CT molecular complexity index is 978. The maximum atomic E-state index is 12.7. The summed E-state index contributed by atoms with van der Waals surface area (Å²) in [4.78, 5) is 50.0. The molecule has 0 aromatic carbocycles. The Morgan fingerprint density at radius 3 is 0.909 bits per heavy atom. The molecule has 0 aliphatic heterocycles. The van der Waals surface area contributed by atoms with E-state index in [9.17, 15) is 19.2 Å². The Hall–Kier alpha value is -2.52. The zero-order chi connectivity index (χ0) is 48.4. The summed E-state index contributed by atoms with van der Waals surface area (Å²) in [5.41, 5.74) is 0. The van der Waals surface area contributed by atoms with Crippen molar-refractivity contribution in [2.75, 3.05) is 26.3 Å². The van der Waals surface area contributed by atoms with E-state index in [4.69, 9.17) is 9.47 Å². The molecule has 0 heterocycles. The molecule has 0 aliphatic carbocycles. The zero-order valence-corrected chi connectivity index (χ0v) is 44.3. The molecular formula is C56H110N4O6. The van der Waals surface area contributed by atoms with Crippen LogP contribution in [0.1, 0.15) is 291 Å². The van der Waals surface area contributed by atoms with E-state index >= 15 is 0 Å². The number of nitrogens with one attached hydrogen (secondary N) is 4. The summed E-state index contributed by atoms with van der Waals surface area (Å²) in [7, 11) is 0. The molecule has 0 aliphatic rings. The third-order valence-corrected chi connectivity index (χ3v) is 13.0. The van der Waals surface area contributed by atoms with E-state index in [0.717, 1.165) is 89.9 Å². The second kappa shape index (κ2) is 50.4. The third kappa shape index (κ3) is 46.6. The highest BCUT2D eigenvalue weighted by molar-refractivity contribution is 5.74. The molecule has 0 radical (unpaired) electrons. The lowest BCUT2D eigenvalue weighted by Gasteiger charge is -2.19. The van der Waals surface area contributed by atoms with Crippen molar-refractivity contribution < 1.29 is 28.7 Å². The molecule has 0 bridgehead atoms.